The van der Waals surface area contributed by atoms with Gasteiger partial charge >= 0.3 is 0 Å². The number of aryl methyl sites for hydroxylation is 1. The van der Waals surface area contributed by atoms with Crippen molar-refractivity contribution in [2.75, 3.05) is 19.6 Å². The summed E-state index contributed by atoms with van der Waals surface area (Å²) < 4.78 is 2.07. The molecule has 1 saturated heterocycles. The molecule has 1 unspecified atom stereocenters. The average molecular weight is 236 g/mol. The molecule has 1 aliphatic rings. The smallest absolute Gasteiger partial charge is 0.0945 e. The third kappa shape index (κ3) is 3.54. The quantitative estimate of drug-likeness (QED) is 0.838. The van der Waals surface area contributed by atoms with Gasteiger partial charge in [0.1, 0.15) is 0 Å². The van der Waals surface area contributed by atoms with Gasteiger partial charge in [-0.25, -0.2) is 4.98 Å². The molecule has 0 saturated carbocycles. The molecule has 0 bridgehead atoms. The van der Waals surface area contributed by atoms with Gasteiger partial charge in [-0.3, -0.25) is 4.90 Å². The molecule has 96 valence electrons. The summed E-state index contributed by atoms with van der Waals surface area (Å²) in [5.74, 6) is 0. The molecular weight excluding hydrogens is 212 g/mol. The number of nitrogens with zero attached hydrogens (tertiary/aromatic N) is 3. The molecule has 1 fully saturated rings. The van der Waals surface area contributed by atoms with Crippen LogP contribution in [0.1, 0.15) is 31.9 Å². The molecule has 1 atom stereocenters. The molecule has 1 aliphatic heterocycles. The summed E-state index contributed by atoms with van der Waals surface area (Å²) in [6, 6.07) is 0.642. The van der Waals surface area contributed by atoms with Gasteiger partial charge in [0.15, 0.2) is 0 Å². The maximum Gasteiger partial charge on any atom is 0.0945 e. The average Bonchev–Trinajstić information content (AvgIpc) is 2.76. The van der Waals surface area contributed by atoms with Crippen LogP contribution in [0.4, 0.5) is 0 Å². The van der Waals surface area contributed by atoms with Gasteiger partial charge in [-0.2, -0.15) is 0 Å². The van der Waals surface area contributed by atoms with Crippen molar-refractivity contribution < 1.29 is 0 Å². The number of rotatable bonds is 5. The van der Waals surface area contributed by atoms with Gasteiger partial charge in [-0.05, 0) is 32.9 Å². The van der Waals surface area contributed by atoms with E-state index in [0.29, 0.717) is 6.04 Å². The maximum absolute atomic E-state index is 4.12. The van der Waals surface area contributed by atoms with Crippen molar-refractivity contribution in [1.29, 1.82) is 0 Å². The lowest BCUT2D eigenvalue weighted by Crippen LogP contribution is -2.43. The standard InChI is InChI=1S/C13H24N4/c1-12(17-6-4-3-5-7-17)8-14-9-13-10-15-11-16(13)2/h10-12,14H,3-9H2,1-2H3. The van der Waals surface area contributed by atoms with E-state index in [9.17, 15) is 0 Å². The molecule has 0 radical (unpaired) electrons. The molecule has 0 amide bonds. The second-order valence-electron chi connectivity index (χ2n) is 5.07. The lowest BCUT2D eigenvalue weighted by molar-refractivity contribution is 0.170. The SMILES string of the molecule is CC(CNCc1cncn1C)N1CCCCC1. The zero-order valence-corrected chi connectivity index (χ0v) is 11.0. The van der Waals surface area contributed by atoms with E-state index in [0.717, 1.165) is 13.1 Å². The fourth-order valence-corrected chi connectivity index (χ4v) is 2.45. The van der Waals surface area contributed by atoms with Crippen LogP contribution >= 0.6 is 0 Å². The van der Waals surface area contributed by atoms with E-state index in [2.05, 4.69) is 26.7 Å². The Labute approximate surface area is 104 Å². The van der Waals surface area contributed by atoms with Gasteiger partial charge in [0, 0.05) is 32.4 Å². The van der Waals surface area contributed by atoms with Crippen LogP contribution in [0.25, 0.3) is 0 Å². The third-order valence-corrected chi connectivity index (χ3v) is 3.68. The Morgan fingerprint density at radius 2 is 2.12 bits per heavy atom. The molecular formula is C13H24N4. The number of piperidine rings is 1. The predicted molar refractivity (Wildman–Crippen MR) is 69.8 cm³/mol. The Balaban J connectivity index is 1.69. The minimum absolute atomic E-state index is 0.642. The first-order valence-electron chi connectivity index (χ1n) is 6.67. The van der Waals surface area contributed by atoms with E-state index in [1.807, 2.05) is 19.6 Å². The summed E-state index contributed by atoms with van der Waals surface area (Å²) in [7, 11) is 2.04. The molecule has 2 rings (SSSR count). The van der Waals surface area contributed by atoms with Crippen LogP contribution in [-0.4, -0.2) is 40.1 Å². The topological polar surface area (TPSA) is 33.1 Å². The number of hydrogen-bond donors (Lipinski definition) is 1. The van der Waals surface area contributed by atoms with Crippen LogP contribution in [0.3, 0.4) is 0 Å². The monoisotopic (exact) mass is 236 g/mol. The Hall–Kier alpha value is -0.870. The molecule has 0 aliphatic carbocycles. The van der Waals surface area contributed by atoms with Gasteiger partial charge in [-0.1, -0.05) is 6.42 Å². The number of hydrogen-bond acceptors (Lipinski definition) is 3. The fourth-order valence-electron chi connectivity index (χ4n) is 2.45. The summed E-state index contributed by atoms with van der Waals surface area (Å²) in [5, 5.41) is 3.52. The summed E-state index contributed by atoms with van der Waals surface area (Å²) in [5.41, 5.74) is 1.25. The van der Waals surface area contributed by atoms with Gasteiger partial charge in [0.05, 0.1) is 12.0 Å². The molecule has 0 aromatic carbocycles. The van der Waals surface area contributed by atoms with Crippen molar-refractivity contribution in [3.8, 4) is 0 Å². The minimum atomic E-state index is 0.642. The molecule has 2 heterocycles. The summed E-state index contributed by atoms with van der Waals surface area (Å²) in [4.78, 5) is 6.72. The van der Waals surface area contributed by atoms with Crippen LogP contribution in [-0.2, 0) is 13.6 Å². The van der Waals surface area contributed by atoms with E-state index < -0.39 is 0 Å². The van der Waals surface area contributed by atoms with Gasteiger partial charge in [-0.15, -0.1) is 0 Å². The first-order chi connectivity index (χ1) is 8.27. The van der Waals surface area contributed by atoms with Gasteiger partial charge in [0.25, 0.3) is 0 Å². The lowest BCUT2D eigenvalue weighted by atomic mass is 10.1. The molecule has 0 spiro atoms. The zero-order valence-electron chi connectivity index (χ0n) is 11.0. The molecule has 17 heavy (non-hydrogen) atoms. The fraction of sp³-hybridized carbons (Fsp3) is 0.769. The highest BCUT2D eigenvalue weighted by atomic mass is 15.2. The maximum atomic E-state index is 4.12. The van der Waals surface area contributed by atoms with E-state index in [4.69, 9.17) is 0 Å². The second kappa shape index (κ2) is 6.17. The highest BCUT2D eigenvalue weighted by molar-refractivity contribution is 4.96. The van der Waals surface area contributed by atoms with Crippen LogP contribution in [0.15, 0.2) is 12.5 Å². The highest BCUT2D eigenvalue weighted by Gasteiger charge is 2.15. The molecule has 1 aromatic heterocycles. The van der Waals surface area contributed by atoms with Crippen molar-refractivity contribution in [3.05, 3.63) is 18.2 Å². The van der Waals surface area contributed by atoms with Crippen molar-refractivity contribution >= 4 is 0 Å². The largest absolute Gasteiger partial charge is 0.337 e. The van der Waals surface area contributed by atoms with Gasteiger partial charge < -0.3 is 9.88 Å². The van der Waals surface area contributed by atoms with Crippen molar-refractivity contribution in [3.63, 3.8) is 0 Å². The highest BCUT2D eigenvalue weighted by Crippen LogP contribution is 2.11. The van der Waals surface area contributed by atoms with Gasteiger partial charge in [0.2, 0.25) is 0 Å². The Morgan fingerprint density at radius 3 is 2.76 bits per heavy atom. The summed E-state index contributed by atoms with van der Waals surface area (Å²) in [6.45, 7) is 6.84. The zero-order chi connectivity index (χ0) is 12.1. The first-order valence-corrected chi connectivity index (χ1v) is 6.67. The Morgan fingerprint density at radius 1 is 1.35 bits per heavy atom. The van der Waals surface area contributed by atoms with Crippen LogP contribution in [0.2, 0.25) is 0 Å². The first kappa shape index (κ1) is 12.6. The lowest BCUT2D eigenvalue weighted by Gasteiger charge is -2.32. The number of imidazole rings is 1. The normalized spacial score (nSPS) is 19.4. The van der Waals surface area contributed by atoms with E-state index in [1.54, 1.807) is 0 Å². The summed E-state index contributed by atoms with van der Waals surface area (Å²) in [6.07, 6.45) is 7.92. The Kier molecular flexibility index (Phi) is 4.57. The Bertz CT molecular complexity index is 328. The molecule has 4 heteroatoms. The van der Waals surface area contributed by atoms with E-state index in [1.165, 1.54) is 38.0 Å². The third-order valence-electron chi connectivity index (χ3n) is 3.68. The van der Waals surface area contributed by atoms with Crippen LogP contribution in [0, 0.1) is 0 Å². The van der Waals surface area contributed by atoms with Crippen LogP contribution in [0.5, 0.6) is 0 Å². The van der Waals surface area contributed by atoms with Crippen molar-refractivity contribution in [2.24, 2.45) is 7.05 Å². The predicted octanol–water partition coefficient (Wildman–Crippen LogP) is 1.38. The number of aromatic nitrogens is 2. The van der Waals surface area contributed by atoms with Crippen LogP contribution < -0.4 is 5.32 Å². The second-order valence-corrected chi connectivity index (χ2v) is 5.07. The minimum Gasteiger partial charge on any atom is -0.337 e. The number of nitrogens with one attached hydrogen (secondary N) is 1. The molecule has 1 aromatic rings. The van der Waals surface area contributed by atoms with E-state index >= 15 is 0 Å². The van der Waals surface area contributed by atoms with Crippen molar-refractivity contribution in [1.82, 2.24) is 19.8 Å². The van der Waals surface area contributed by atoms with E-state index in [-0.39, 0.29) is 0 Å². The molecule has 1 N–H and O–H groups in total. The summed E-state index contributed by atoms with van der Waals surface area (Å²) >= 11 is 0. The number of likely N-dealkylation sites (tertiary alicyclic amines) is 1. The van der Waals surface area contributed by atoms with Crippen molar-refractivity contribution in [2.45, 2.75) is 38.8 Å². The molecule has 4 nitrogen and oxygen atoms in total.